The summed E-state index contributed by atoms with van der Waals surface area (Å²) < 4.78 is 13.1. The Morgan fingerprint density at radius 1 is 1.00 bits per heavy atom. The van der Waals surface area contributed by atoms with E-state index < -0.39 is 0 Å². The fourth-order valence-corrected chi connectivity index (χ4v) is 7.03. The van der Waals surface area contributed by atoms with Gasteiger partial charge in [-0.05, 0) is 113 Å². The number of hydrogen-bond acceptors (Lipinski definition) is 6. The van der Waals surface area contributed by atoms with Crippen LogP contribution in [0.2, 0.25) is 0 Å². The zero-order chi connectivity index (χ0) is 34.4. The van der Waals surface area contributed by atoms with Crippen molar-refractivity contribution in [2.45, 2.75) is 111 Å². The highest BCUT2D eigenvalue weighted by Crippen LogP contribution is 2.38. The van der Waals surface area contributed by atoms with Gasteiger partial charge in [0, 0.05) is 54.1 Å². The van der Waals surface area contributed by atoms with Crippen molar-refractivity contribution in [2.24, 2.45) is 17.3 Å². The first-order valence-electron chi connectivity index (χ1n) is 17.8. The quantitative estimate of drug-likeness (QED) is 0.235. The van der Waals surface area contributed by atoms with Crippen LogP contribution < -0.4 is 15.0 Å². The van der Waals surface area contributed by atoms with Gasteiger partial charge in [-0.15, -0.1) is 0 Å². The van der Waals surface area contributed by atoms with Crippen molar-refractivity contribution in [3.63, 3.8) is 0 Å². The van der Waals surface area contributed by atoms with E-state index in [-0.39, 0.29) is 35.5 Å². The molecule has 0 spiro atoms. The molecule has 0 atom stereocenters. The van der Waals surface area contributed by atoms with Crippen LogP contribution in [0.4, 0.5) is 10.5 Å². The van der Waals surface area contributed by atoms with Crippen LogP contribution in [-0.4, -0.2) is 53.1 Å². The van der Waals surface area contributed by atoms with E-state index in [0.717, 1.165) is 59.6 Å². The summed E-state index contributed by atoms with van der Waals surface area (Å²) in [5.41, 5.74) is 5.09. The van der Waals surface area contributed by atoms with Crippen LogP contribution in [0.15, 0.2) is 48.8 Å². The summed E-state index contributed by atoms with van der Waals surface area (Å²) in [5, 5.41) is 7.44. The molecule has 2 saturated carbocycles. The van der Waals surface area contributed by atoms with Crippen LogP contribution in [0.5, 0.6) is 5.75 Å². The number of amides is 2. The number of hydrogen-bond donors (Lipinski definition) is 1. The number of nitrogens with one attached hydrogen (secondary N) is 1. The van der Waals surface area contributed by atoms with Gasteiger partial charge in [-0.25, -0.2) is 4.79 Å². The van der Waals surface area contributed by atoms with Crippen LogP contribution in [-0.2, 0) is 9.53 Å². The molecule has 2 amide bonds. The molecule has 5 rings (SSSR count). The highest BCUT2D eigenvalue weighted by molar-refractivity contribution is 5.95. The van der Waals surface area contributed by atoms with Crippen molar-refractivity contribution in [1.82, 2.24) is 20.1 Å². The van der Waals surface area contributed by atoms with E-state index in [1.54, 1.807) is 7.11 Å². The van der Waals surface area contributed by atoms with Gasteiger partial charge in [0.05, 0.1) is 19.0 Å². The number of methoxy groups -OCH3 is 1. The molecular formula is C39H55N5O4. The number of carbonyl (C=O) groups is 2. The number of nitrogens with zero attached hydrogens (tertiary/aromatic N) is 4. The fraction of sp³-hybridized carbons (Fsp3) is 0.590. The molecule has 2 heterocycles. The van der Waals surface area contributed by atoms with Gasteiger partial charge >= 0.3 is 6.09 Å². The molecule has 2 fully saturated rings. The van der Waals surface area contributed by atoms with Crippen molar-refractivity contribution < 1.29 is 19.1 Å². The standard InChI is InChI=1S/C39H55N5O4/c1-26(2)44-24-32(22-41-44)31-9-8-10-33(21-31)43(23-28-11-13-29(14-12-28)35-19-20-36(47-7)27(3)42-35)37(45)30-15-17-34(18-16-30)48-38(46)40-25-39(4,5)6/h8-10,19-22,24,26,28-30,34H,11-18,23,25H2,1-7H3,(H,40,46). The van der Waals surface area contributed by atoms with E-state index in [2.05, 4.69) is 80.4 Å². The predicted molar refractivity (Wildman–Crippen MR) is 190 cm³/mol. The summed E-state index contributed by atoms with van der Waals surface area (Å²) >= 11 is 0. The SMILES string of the molecule is COc1ccc(C2CCC(CN(C(=O)C3CCC(OC(=O)NCC(C)(C)C)CC3)c3cccc(-c4cnn(C(C)C)c4)c3)CC2)nc1C. The first kappa shape index (κ1) is 35.4. The zero-order valence-corrected chi connectivity index (χ0v) is 30.0. The smallest absolute Gasteiger partial charge is 0.407 e. The average Bonchev–Trinajstić information content (AvgIpc) is 3.58. The first-order valence-corrected chi connectivity index (χ1v) is 17.8. The number of pyridine rings is 1. The number of anilines is 1. The normalized spacial score (nSPS) is 21.5. The van der Waals surface area contributed by atoms with E-state index in [4.69, 9.17) is 14.5 Å². The van der Waals surface area contributed by atoms with E-state index in [0.29, 0.717) is 50.6 Å². The molecule has 9 heteroatoms. The summed E-state index contributed by atoms with van der Waals surface area (Å²) in [4.78, 5) is 33.7. The van der Waals surface area contributed by atoms with Gasteiger partial charge in [0.1, 0.15) is 11.9 Å². The molecule has 2 aromatic heterocycles. The molecule has 48 heavy (non-hydrogen) atoms. The zero-order valence-electron chi connectivity index (χ0n) is 30.0. The molecule has 9 nitrogen and oxygen atoms in total. The third kappa shape index (κ3) is 9.17. The summed E-state index contributed by atoms with van der Waals surface area (Å²) in [6.45, 7) is 13.7. The van der Waals surface area contributed by atoms with Crippen molar-refractivity contribution in [1.29, 1.82) is 0 Å². The Kier molecular flexibility index (Phi) is 11.5. The minimum absolute atomic E-state index is 0.0103. The molecule has 260 valence electrons. The summed E-state index contributed by atoms with van der Waals surface area (Å²) in [5.74, 6) is 1.73. The molecule has 0 saturated heterocycles. The second kappa shape index (κ2) is 15.6. The average molecular weight is 658 g/mol. The number of ether oxygens (including phenoxy) is 2. The minimum atomic E-state index is -0.366. The molecule has 0 bridgehead atoms. The van der Waals surface area contributed by atoms with Gasteiger partial charge in [0.2, 0.25) is 5.91 Å². The van der Waals surface area contributed by atoms with Gasteiger partial charge in [0.15, 0.2) is 0 Å². The van der Waals surface area contributed by atoms with E-state index in [9.17, 15) is 9.59 Å². The van der Waals surface area contributed by atoms with Crippen LogP contribution in [0.3, 0.4) is 0 Å². The largest absolute Gasteiger partial charge is 0.495 e. The Hall–Kier alpha value is -3.88. The lowest BCUT2D eigenvalue weighted by Crippen LogP contribution is -2.42. The molecule has 2 aliphatic carbocycles. The molecule has 2 aliphatic rings. The second-order valence-electron chi connectivity index (χ2n) is 15.3. The summed E-state index contributed by atoms with van der Waals surface area (Å²) in [7, 11) is 1.68. The highest BCUT2D eigenvalue weighted by Gasteiger charge is 2.34. The van der Waals surface area contributed by atoms with Crippen molar-refractivity contribution in [2.75, 3.05) is 25.1 Å². The maximum absolute atomic E-state index is 14.4. The third-order valence-corrected chi connectivity index (χ3v) is 9.93. The number of alkyl carbamates (subject to hydrolysis) is 1. The number of carbonyl (C=O) groups excluding carboxylic acids is 2. The van der Waals surface area contributed by atoms with Crippen LogP contribution >= 0.6 is 0 Å². The molecular weight excluding hydrogens is 602 g/mol. The van der Waals surface area contributed by atoms with Gasteiger partial charge in [-0.3, -0.25) is 14.5 Å². The first-order chi connectivity index (χ1) is 22.9. The Morgan fingerprint density at radius 2 is 1.73 bits per heavy atom. The number of benzene rings is 1. The topological polar surface area (TPSA) is 98.6 Å². The lowest BCUT2D eigenvalue weighted by atomic mass is 9.79. The molecule has 0 radical (unpaired) electrons. The van der Waals surface area contributed by atoms with Gasteiger partial charge in [-0.1, -0.05) is 32.9 Å². The Morgan fingerprint density at radius 3 is 2.35 bits per heavy atom. The molecule has 0 unspecified atom stereocenters. The number of rotatable bonds is 10. The van der Waals surface area contributed by atoms with E-state index >= 15 is 0 Å². The molecule has 3 aromatic rings. The molecule has 0 aliphatic heterocycles. The van der Waals surface area contributed by atoms with Crippen LogP contribution in [0, 0.1) is 24.2 Å². The third-order valence-electron chi connectivity index (χ3n) is 9.93. The lowest BCUT2D eigenvalue weighted by molar-refractivity contribution is -0.124. The maximum Gasteiger partial charge on any atom is 0.407 e. The van der Waals surface area contributed by atoms with Gasteiger partial charge in [0.25, 0.3) is 0 Å². The number of aromatic nitrogens is 3. The second-order valence-corrected chi connectivity index (χ2v) is 15.3. The monoisotopic (exact) mass is 657 g/mol. The maximum atomic E-state index is 14.4. The van der Waals surface area contributed by atoms with Gasteiger partial charge < -0.3 is 19.7 Å². The van der Waals surface area contributed by atoms with Crippen molar-refractivity contribution in [3.05, 3.63) is 60.2 Å². The summed E-state index contributed by atoms with van der Waals surface area (Å²) in [6.07, 6.45) is 10.5. The van der Waals surface area contributed by atoms with Crippen LogP contribution in [0.1, 0.15) is 109 Å². The Balaban J connectivity index is 1.28. The minimum Gasteiger partial charge on any atom is -0.495 e. The lowest BCUT2D eigenvalue weighted by Gasteiger charge is -2.36. The predicted octanol–water partition coefficient (Wildman–Crippen LogP) is 8.48. The highest BCUT2D eigenvalue weighted by atomic mass is 16.6. The Labute approximate surface area is 286 Å². The molecule has 1 aromatic carbocycles. The molecule has 1 N–H and O–H groups in total. The van der Waals surface area contributed by atoms with E-state index in [1.165, 1.54) is 0 Å². The van der Waals surface area contributed by atoms with Crippen LogP contribution in [0.25, 0.3) is 11.1 Å². The number of aryl methyl sites for hydroxylation is 1. The van der Waals surface area contributed by atoms with Crippen molar-refractivity contribution >= 4 is 17.7 Å². The summed E-state index contributed by atoms with van der Waals surface area (Å²) in [6, 6.07) is 12.8. The Bertz CT molecular complexity index is 1530. The fourth-order valence-electron chi connectivity index (χ4n) is 7.03. The van der Waals surface area contributed by atoms with Gasteiger partial charge in [-0.2, -0.15) is 5.10 Å². The van der Waals surface area contributed by atoms with E-state index in [1.807, 2.05) is 29.9 Å². The van der Waals surface area contributed by atoms with Crippen molar-refractivity contribution in [3.8, 4) is 16.9 Å².